The van der Waals surface area contributed by atoms with Crippen molar-refractivity contribution in [2.24, 2.45) is 5.10 Å². The number of fused-ring (bicyclic) bond motifs is 1. The molecule has 8 nitrogen and oxygen atoms in total. The molecule has 1 heterocycles. The van der Waals surface area contributed by atoms with E-state index in [0.29, 0.717) is 11.1 Å². The van der Waals surface area contributed by atoms with E-state index in [1.807, 2.05) is 24.3 Å². The summed E-state index contributed by atoms with van der Waals surface area (Å²) in [6, 6.07) is 10.8. The fourth-order valence-corrected chi connectivity index (χ4v) is 2.18. The molecule has 3 N–H and O–H groups in total. The summed E-state index contributed by atoms with van der Waals surface area (Å²) in [5.41, 5.74) is 4.22. The van der Waals surface area contributed by atoms with Crippen molar-refractivity contribution in [3.8, 4) is 11.5 Å². The van der Waals surface area contributed by atoms with Gasteiger partial charge in [-0.2, -0.15) is 5.10 Å². The predicted molar refractivity (Wildman–Crippen MR) is 87.7 cm³/mol. The summed E-state index contributed by atoms with van der Waals surface area (Å²) in [6.45, 7) is 1.68. The molecular formula is C16H15N5O3. The molecule has 0 aliphatic heterocycles. The first kappa shape index (κ1) is 15.5. The molecule has 1 aromatic heterocycles. The minimum Gasteiger partial charge on any atom is -0.508 e. The van der Waals surface area contributed by atoms with E-state index < -0.39 is 6.04 Å². The largest absolute Gasteiger partial charge is 0.508 e. The third-order valence-corrected chi connectivity index (χ3v) is 3.52. The van der Waals surface area contributed by atoms with Gasteiger partial charge < -0.3 is 10.2 Å². The molecule has 0 unspecified atom stereocenters. The fourth-order valence-electron chi connectivity index (χ4n) is 2.18. The van der Waals surface area contributed by atoms with E-state index in [0.717, 1.165) is 5.52 Å². The van der Waals surface area contributed by atoms with E-state index in [2.05, 4.69) is 20.8 Å². The van der Waals surface area contributed by atoms with Gasteiger partial charge in [0.25, 0.3) is 5.91 Å². The maximum Gasteiger partial charge on any atom is 0.264 e. The zero-order valence-corrected chi connectivity index (χ0v) is 12.8. The average Bonchev–Trinajstić information content (AvgIpc) is 3.00. The van der Waals surface area contributed by atoms with E-state index in [-0.39, 0.29) is 17.4 Å². The molecule has 24 heavy (non-hydrogen) atoms. The lowest BCUT2D eigenvalue weighted by Crippen LogP contribution is -2.28. The van der Waals surface area contributed by atoms with Crippen LogP contribution in [0.4, 0.5) is 0 Å². The van der Waals surface area contributed by atoms with Crippen LogP contribution < -0.4 is 5.43 Å². The van der Waals surface area contributed by atoms with Crippen LogP contribution in [0.5, 0.6) is 11.5 Å². The quantitative estimate of drug-likeness (QED) is 0.497. The second-order valence-corrected chi connectivity index (χ2v) is 5.18. The van der Waals surface area contributed by atoms with Crippen LogP contribution in [0.3, 0.4) is 0 Å². The van der Waals surface area contributed by atoms with Crippen LogP contribution in [0.1, 0.15) is 18.5 Å². The number of benzene rings is 2. The second kappa shape index (κ2) is 6.37. The number of rotatable bonds is 4. The summed E-state index contributed by atoms with van der Waals surface area (Å²) in [7, 11) is 0. The fraction of sp³-hybridized carbons (Fsp3) is 0.125. The first-order chi connectivity index (χ1) is 11.6. The summed E-state index contributed by atoms with van der Waals surface area (Å²) in [4.78, 5) is 12.2. The van der Waals surface area contributed by atoms with Gasteiger partial charge in [0, 0.05) is 11.6 Å². The van der Waals surface area contributed by atoms with Crippen LogP contribution in [0, 0.1) is 0 Å². The van der Waals surface area contributed by atoms with Gasteiger partial charge in [-0.15, -0.1) is 5.10 Å². The minimum atomic E-state index is -0.608. The smallest absolute Gasteiger partial charge is 0.264 e. The van der Waals surface area contributed by atoms with Crippen molar-refractivity contribution in [2.45, 2.75) is 13.0 Å². The molecule has 0 aliphatic carbocycles. The first-order valence-electron chi connectivity index (χ1n) is 7.21. The number of hydrogen-bond acceptors (Lipinski definition) is 6. The van der Waals surface area contributed by atoms with Crippen molar-refractivity contribution in [3.05, 3.63) is 48.0 Å². The van der Waals surface area contributed by atoms with Gasteiger partial charge in [-0.05, 0) is 31.2 Å². The standard InChI is InChI=1S/C16H15N5O3/c1-10(21-14-5-3-2-4-13(14)18-20-21)16(24)19-17-9-11-6-7-12(22)8-15(11)23/h2-10,22-23H,1H3,(H,19,24)/b17-9-/t10-/m1/s1. The van der Waals surface area contributed by atoms with E-state index in [9.17, 15) is 15.0 Å². The Morgan fingerprint density at radius 3 is 2.88 bits per heavy atom. The third kappa shape index (κ3) is 3.02. The highest BCUT2D eigenvalue weighted by Crippen LogP contribution is 2.20. The first-order valence-corrected chi connectivity index (χ1v) is 7.21. The van der Waals surface area contributed by atoms with Gasteiger partial charge in [0.05, 0.1) is 11.7 Å². The van der Waals surface area contributed by atoms with E-state index in [1.54, 1.807) is 6.92 Å². The highest BCUT2D eigenvalue weighted by atomic mass is 16.3. The number of hydrazone groups is 1. The van der Waals surface area contributed by atoms with Crippen molar-refractivity contribution >= 4 is 23.2 Å². The van der Waals surface area contributed by atoms with Crippen molar-refractivity contribution in [1.29, 1.82) is 0 Å². The molecule has 122 valence electrons. The molecule has 0 bridgehead atoms. The molecule has 0 radical (unpaired) electrons. The van der Waals surface area contributed by atoms with Gasteiger partial charge in [-0.1, -0.05) is 17.3 Å². The number of carbonyl (C=O) groups is 1. The zero-order chi connectivity index (χ0) is 17.1. The van der Waals surface area contributed by atoms with Gasteiger partial charge in [0.2, 0.25) is 0 Å². The third-order valence-electron chi connectivity index (χ3n) is 3.52. The SMILES string of the molecule is C[C@H](C(=O)N/N=C\c1ccc(O)cc1O)n1nnc2ccccc21. The Morgan fingerprint density at radius 1 is 1.29 bits per heavy atom. The number of amides is 1. The van der Waals surface area contributed by atoms with Crippen molar-refractivity contribution in [1.82, 2.24) is 20.4 Å². The molecule has 0 saturated heterocycles. The molecule has 1 atom stereocenters. The summed E-state index contributed by atoms with van der Waals surface area (Å²) in [5.74, 6) is -0.566. The van der Waals surface area contributed by atoms with Crippen molar-refractivity contribution in [2.75, 3.05) is 0 Å². The lowest BCUT2D eigenvalue weighted by Gasteiger charge is -2.10. The number of phenolic OH excluding ortho intramolecular Hbond substituents is 2. The minimum absolute atomic E-state index is 0.0552. The van der Waals surface area contributed by atoms with E-state index in [1.165, 1.54) is 29.1 Å². The topological polar surface area (TPSA) is 113 Å². The number of aromatic nitrogens is 3. The number of phenols is 2. The summed E-state index contributed by atoms with van der Waals surface area (Å²) in [5, 5.41) is 30.7. The van der Waals surface area contributed by atoms with Gasteiger partial charge in [-0.25, -0.2) is 10.1 Å². The monoisotopic (exact) mass is 325 g/mol. The van der Waals surface area contributed by atoms with E-state index >= 15 is 0 Å². The van der Waals surface area contributed by atoms with Crippen molar-refractivity contribution in [3.63, 3.8) is 0 Å². The summed E-state index contributed by atoms with van der Waals surface area (Å²) in [6.07, 6.45) is 1.29. The van der Waals surface area contributed by atoms with Crippen molar-refractivity contribution < 1.29 is 15.0 Å². The number of carbonyl (C=O) groups excluding carboxylic acids is 1. The Kier molecular flexibility index (Phi) is 4.11. The van der Waals surface area contributed by atoms with Crippen LogP contribution in [0.2, 0.25) is 0 Å². The van der Waals surface area contributed by atoms with Gasteiger partial charge in [0.1, 0.15) is 23.1 Å². The molecule has 0 saturated carbocycles. The van der Waals surface area contributed by atoms with Crippen LogP contribution in [0.15, 0.2) is 47.6 Å². The molecular weight excluding hydrogens is 310 g/mol. The Labute approximate surface area is 137 Å². The molecule has 3 rings (SSSR count). The Bertz CT molecular complexity index is 919. The maximum atomic E-state index is 12.2. The number of nitrogens with zero attached hydrogens (tertiary/aromatic N) is 4. The zero-order valence-electron chi connectivity index (χ0n) is 12.8. The van der Waals surface area contributed by atoms with Crippen LogP contribution >= 0.6 is 0 Å². The maximum absolute atomic E-state index is 12.2. The Balaban J connectivity index is 1.71. The molecule has 0 spiro atoms. The Hall–Kier alpha value is -3.42. The van der Waals surface area contributed by atoms with Gasteiger partial charge >= 0.3 is 0 Å². The van der Waals surface area contributed by atoms with Crippen LogP contribution in [-0.4, -0.2) is 37.3 Å². The number of nitrogens with one attached hydrogen (secondary N) is 1. The summed E-state index contributed by atoms with van der Waals surface area (Å²) >= 11 is 0. The predicted octanol–water partition coefficient (Wildman–Crippen LogP) is 1.55. The molecule has 0 aliphatic rings. The number of para-hydroxylation sites is 1. The van der Waals surface area contributed by atoms with Gasteiger partial charge in [-0.3, -0.25) is 4.79 Å². The summed E-state index contributed by atoms with van der Waals surface area (Å²) < 4.78 is 1.51. The molecule has 2 aromatic carbocycles. The van der Waals surface area contributed by atoms with Crippen LogP contribution in [0.25, 0.3) is 11.0 Å². The van der Waals surface area contributed by atoms with Gasteiger partial charge in [0.15, 0.2) is 0 Å². The average molecular weight is 325 g/mol. The second-order valence-electron chi connectivity index (χ2n) is 5.18. The highest BCUT2D eigenvalue weighted by molar-refractivity contribution is 5.87. The molecule has 0 fully saturated rings. The highest BCUT2D eigenvalue weighted by Gasteiger charge is 2.18. The number of aromatic hydroxyl groups is 2. The normalized spacial score (nSPS) is 12.5. The molecule has 3 aromatic rings. The number of hydrogen-bond donors (Lipinski definition) is 3. The lowest BCUT2D eigenvalue weighted by atomic mass is 10.2. The molecule has 8 heteroatoms. The van der Waals surface area contributed by atoms with E-state index in [4.69, 9.17) is 0 Å². The molecule has 1 amide bonds. The lowest BCUT2D eigenvalue weighted by molar-refractivity contribution is -0.124. The Morgan fingerprint density at radius 2 is 2.08 bits per heavy atom. The van der Waals surface area contributed by atoms with Crippen LogP contribution in [-0.2, 0) is 4.79 Å².